The summed E-state index contributed by atoms with van der Waals surface area (Å²) in [5.41, 5.74) is 2.59. The average molecular weight is 287 g/mol. The van der Waals surface area contributed by atoms with Crippen LogP contribution in [-0.2, 0) is 11.3 Å². The molecular weight excluding hydrogens is 262 g/mol. The van der Waals surface area contributed by atoms with Crippen LogP contribution in [0.5, 0.6) is 0 Å². The summed E-state index contributed by atoms with van der Waals surface area (Å²) in [6.45, 7) is 5.96. The Kier molecular flexibility index (Phi) is 4.58. The molecule has 4 heteroatoms. The number of rotatable bonds is 4. The van der Waals surface area contributed by atoms with Gasteiger partial charge in [0.25, 0.3) is 0 Å². The largest absolute Gasteiger partial charge is 0.380 e. The highest BCUT2D eigenvalue weighted by Crippen LogP contribution is 2.17. The third-order valence-corrected chi connectivity index (χ3v) is 4.07. The number of hydrogen-bond acceptors (Lipinski definition) is 3. The second-order valence-electron chi connectivity index (χ2n) is 6.34. The number of ether oxygens (including phenoxy) is 1. The predicted octanol–water partition coefficient (Wildman–Crippen LogP) is 2.18. The van der Waals surface area contributed by atoms with Gasteiger partial charge in [0.1, 0.15) is 0 Å². The van der Waals surface area contributed by atoms with Crippen molar-refractivity contribution < 1.29 is 4.74 Å². The topological polar surface area (TPSA) is 31.5 Å². The van der Waals surface area contributed by atoms with Crippen molar-refractivity contribution in [3.8, 4) is 0 Å². The van der Waals surface area contributed by atoms with Crippen LogP contribution in [0.25, 0.3) is 10.9 Å². The lowest BCUT2D eigenvalue weighted by molar-refractivity contribution is 0.112. The van der Waals surface area contributed by atoms with Gasteiger partial charge in [-0.25, -0.2) is 0 Å². The van der Waals surface area contributed by atoms with Crippen molar-refractivity contribution in [3.63, 3.8) is 0 Å². The fourth-order valence-corrected chi connectivity index (χ4v) is 3.18. The van der Waals surface area contributed by atoms with E-state index in [-0.39, 0.29) is 0 Å². The summed E-state index contributed by atoms with van der Waals surface area (Å²) in [5.74, 6) is 0.596. The fourth-order valence-electron chi connectivity index (χ4n) is 3.18. The van der Waals surface area contributed by atoms with Crippen LogP contribution in [0.3, 0.4) is 0 Å². The molecule has 2 heterocycles. The van der Waals surface area contributed by atoms with E-state index in [4.69, 9.17) is 4.74 Å². The van der Waals surface area contributed by atoms with Gasteiger partial charge in [0.2, 0.25) is 0 Å². The molecule has 3 rings (SSSR count). The van der Waals surface area contributed by atoms with Crippen LogP contribution in [0.15, 0.2) is 30.5 Å². The Bertz CT molecular complexity index is 578. The van der Waals surface area contributed by atoms with E-state index in [1.54, 1.807) is 0 Å². The second kappa shape index (κ2) is 6.60. The standard InChI is InChI=1S/C17H25N3O/c1-19(2)10-15-12-20(7-8-21-13-15)11-14-3-4-17-16(9-14)5-6-18-17/h3-6,9,15,18H,7-8,10-13H2,1-2H3. The van der Waals surface area contributed by atoms with Gasteiger partial charge in [0.05, 0.1) is 13.2 Å². The number of aromatic nitrogens is 1. The van der Waals surface area contributed by atoms with Gasteiger partial charge in [-0.1, -0.05) is 6.07 Å². The predicted molar refractivity (Wildman–Crippen MR) is 86.4 cm³/mol. The van der Waals surface area contributed by atoms with Crippen molar-refractivity contribution in [2.24, 2.45) is 5.92 Å². The van der Waals surface area contributed by atoms with Crippen molar-refractivity contribution >= 4 is 10.9 Å². The molecule has 0 saturated carbocycles. The Morgan fingerprint density at radius 3 is 3.10 bits per heavy atom. The molecule has 1 aromatic heterocycles. The number of benzene rings is 1. The Balaban J connectivity index is 1.67. The van der Waals surface area contributed by atoms with E-state index in [0.717, 1.165) is 39.4 Å². The molecule has 4 nitrogen and oxygen atoms in total. The quantitative estimate of drug-likeness (QED) is 0.935. The number of nitrogens with one attached hydrogen (secondary N) is 1. The first-order chi connectivity index (χ1) is 10.2. The Morgan fingerprint density at radius 1 is 1.33 bits per heavy atom. The fraction of sp³-hybridized carbons (Fsp3) is 0.529. The van der Waals surface area contributed by atoms with E-state index < -0.39 is 0 Å². The van der Waals surface area contributed by atoms with Gasteiger partial charge in [-0.15, -0.1) is 0 Å². The zero-order valence-corrected chi connectivity index (χ0v) is 13.0. The maximum atomic E-state index is 5.76. The van der Waals surface area contributed by atoms with Crippen molar-refractivity contribution in [3.05, 3.63) is 36.0 Å². The smallest absolute Gasteiger partial charge is 0.0593 e. The first-order valence-electron chi connectivity index (χ1n) is 7.71. The highest BCUT2D eigenvalue weighted by molar-refractivity contribution is 5.79. The van der Waals surface area contributed by atoms with Crippen LogP contribution in [0.1, 0.15) is 5.56 Å². The normalized spacial score (nSPS) is 21.0. The first kappa shape index (κ1) is 14.6. The minimum Gasteiger partial charge on any atom is -0.380 e. The van der Waals surface area contributed by atoms with Crippen LogP contribution < -0.4 is 0 Å². The molecule has 0 aliphatic carbocycles. The first-order valence-corrected chi connectivity index (χ1v) is 7.71. The van der Waals surface area contributed by atoms with Gasteiger partial charge in [-0.3, -0.25) is 4.90 Å². The van der Waals surface area contributed by atoms with Gasteiger partial charge >= 0.3 is 0 Å². The summed E-state index contributed by atoms with van der Waals surface area (Å²) in [6, 6.07) is 8.83. The molecule has 114 valence electrons. The molecular formula is C17H25N3O. The molecule has 1 saturated heterocycles. The van der Waals surface area contributed by atoms with E-state index in [9.17, 15) is 0 Å². The molecule has 21 heavy (non-hydrogen) atoms. The zero-order chi connectivity index (χ0) is 14.7. The van der Waals surface area contributed by atoms with E-state index >= 15 is 0 Å². The molecule has 0 spiro atoms. The molecule has 1 atom stereocenters. The van der Waals surface area contributed by atoms with Crippen molar-refractivity contribution in [2.45, 2.75) is 6.54 Å². The molecule has 0 radical (unpaired) electrons. The third-order valence-electron chi connectivity index (χ3n) is 4.07. The van der Waals surface area contributed by atoms with Gasteiger partial charge in [0, 0.05) is 43.8 Å². The summed E-state index contributed by atoms with van der Waals surface area (Å²) >= 11 is 0. The van der Waals surface area contributed by atoms with Crippen LogP contribution in [-0.4, -0.2) is 61.7 Å². The summed E-state index contributed by atoms with van der Waals surface area (Å²) in [4.78, 5) is 8.03. The molecule has 1 aliphatic rings. The molecule has 0 amide bonds. The SMILES string of the molecule is CN(C)CC1COCCN(Cc2ccc3[nH]ccc3c2)C1. The summed E-state index contributed by atoms with van der Waals surface area (Å²) in [6.07, 6.45) is 2.00. The summed E-state index contributed by atoms with van der Waals surface area (Å²) < 4.78 is 5.76. The van der Waals surface area contributed by atoms with Gasteiger partial charge in [-0.2, -0.15) is 0 Å². The molecule has 1 aromatic carbocycles. The average Bonchev–Trinajstić information content (AvgIpc) is 2.79. The van der Waals surface area contributed by atoms with Crippen LogP contribution in [0, 0.1) is 5.92 Å². The molecule has 0 bridgehead atoms. The Labute approximate surface area is 126 Å². The lowest BCUT2D eigenvalue weighted by Gasteiger charge is -2.25. The Morgan fingerprint density at radius 2 is 2.24 bits per heavy atom. The lowest BCUT2D eigenvalue weighted by Crippen LogP contribution is -2.34. The maximum Gasteiger partial charge on any atom is 0.0593 e. The van der Waals surface area contributed by atoms with Gasteiger partial charge < -0.3 is 14.6 Å². The monoisotopic (exact) mass is 287 g/mol. The summed E-state index contributed by atoms with van der Waals surface area (Å²) in [5, 5.41) is 1.29. The van der Waals surface area contributed by atoms with E-state index in [1.807, 2.05) is 6.20 Å². The van der Waals surface area contributed by atoms with E-state index in [0.29, 0.717) is 5.92 Å². The highest BCUT2D eigenvalue weighted by Gasteiger charge is 2.19. The number of nitrogens with zero attached hydrogens (tertiary/aromatic N) is 2. The molecule has 1 N–H and O–H groups in total. The van der Waals surface area contributed by atoms with E-state index in [2.05, 4.69) is 53.1 Å². The minimum atomic E-state index is 0.596. The molecule has 1 unspecified atom stereocenters. The van der Waals surface area contributed by atoms with Crippen molar-refractivity contribution in [2.75, 3.05) is 46.9 Å². The van der Waals surface area contributed by atoms with Crippen LogP contribution >= 0.6 is 0 Å². The number of fused-ring (bicyclic) bond motifs is 1. The van der Waals surface area contributed by atoms with Crippen molar-refractivity contribution in [1.82, 2.24) is 14.8 Å². The number of H-pyrrole nitrogens is 1. The number of hydrogen-bond donors (Lipinski definition) is 1. The van der Waals surface area contributed by atoms with Crippen LogP contribution in [0.4, 0.5) is 0 Å². The Hall–Kier alpha value is -1.36. The van der Waals surface area contributed by atoms with E-state index in [1.165, 1.54) is 16.5 Å². The molecule has 1 fully saturated rings. The van der Waals surface area contributed by atoms with Crippen LogP contribution in [0.2, 0.25) is 0 Å². The van der Waals surface area contributed by atoms with Gasteiger partial charge in [0.15, 0.2) is 0 Å². The highest BCUT2D eigenvalue weighted by atomic mass is 16.5. The van der Waals surface area contributed by atoms with Gasteiger partial charge in [-0.05, 0) is 43.2 Å². The number of aromatic amines is 1. The zero-order valence-electron chi connectivity index (χ0n) is 13.0. The molecule has 1 aliphatic heterocycles. The minimum absolute atomic E-state index is 0.596. The summed E-state index contributed by atoms with van der Waals surface area (Å²) in [7, 11) is 4.27. The maximum absolute atomic E-state index is 5.76. The second-order valence-corrected chi connectivity index (χ2v) is 6.34. The van der Waals surface area contributed by atoms with Crippen molar-refractivity contribution in [1.29, 1.82) is 0 Å². The lowest BCUT2D eigenvalue weighted by atomic mass is 10.1. The third kappa shape index (κ3) is 3.84. The molecule has 2 aromatic rings.